The lowest BCUT2D eigenvalue weighted by atomic mass is 10.1. The first-order valence-electron chi connectivity index (χ1n) is 8.98. The van der Waals surface area contributed by atoms with Gasteiger partial charge in [0.1, 0.15) is 23.7 Å². The third-order valence-corrected chi connectivity index (χ3v) is 7.13. The van der Waals surface area contributed by atoms with Gasteiger partial charge in [-0.15, -0.1) is 0 Å². The quantitative estimate of drug-likeness (QED) is 0.765. The van der Waals surface area contributed by atoms with Gasteiger partial charge in [0, 0.05) is 24.3 Å². The first kappa shape index (κ1) is 19.4. The lowest BCUT2D eigenvalue weighted by Gasteiger charge is -2.38. The van der Waals surface area contributed by atoms with E-state index < -0.39 is 10.0 Å². The largest absolute Gasteiger partial charge is 0.457 e. The van der Waals surface area contributed by atoms with Crippen molar-refractivity contribution in [2.75, 3.05) is 12.3 Å². The van der Waals surface area contributed by atoms with E-state index in [-0.39, 0.29) is 22.2 Å². The fourth-order valence-corrected chi connectivity index (χ4v) is 5.05. The van der Waals surface area contributed by atoms with Crippen molar-refractivity contribution in [1.29, 1.82) is 0 Å². The molecule has 2 N–H and O–H groups in total. The molecule has 0 bridgehead atoms. The molecule has 2 unspecified atom stereocenters. The Bertz CT molecular complexity index is 951. The lowest BCUT2D eigenvalue weighted by Crippen LogP contribution is -2.56. The highest BCUT2D eigenvalue weighted by Gasteiger charge is 2.47. The van der Waals surface area contributed by atoms with E-state index in [1.165, 1.54) is 0 Å². The Morgan fingerprint density at radius 3 is 2.26 bits per heavy atom. The van der Waals surface area contributed by atoms with Gasteiger partial charge >= 0.3 is 10.0 Å². The number of quaternary nitrogens is 1. The summed E-state index contributed by atoms with van der Waals surface area (Å²) in [6.07, 6.45) is 5.57. The smallest absolute Gasteiger partial charge is 0.306 e. The second-order valence-electron chi connectivity index (χ2n) is 6.50. The van der Waals surface area contributed by atoms with Crippen LogP contribution in [-0.4, -0.2) is 26.8 Å². The summed E-state index contributed by atoms with van der Waals surface area (Å²) in [5.41, 5.74) is 7.27. The zero-order chi connectivity index (χ0) is 19.5. The molecule has 142 valence electrons. The summed E-state index contributed by atoms with van der Waals surface area (Å²) in [4.78, 5) is 0. The van der Waals surface area contributed by atoms with Gasteiger partial charge in [-0.2, -0.15) is 12.3 Å². The van der Waals surface area contributed by atoms with Gasteiger partial charge in [0.15, 0.2) is 5.69 Å². The van der Waals surface area contributed by atoms with Crippen molar-refractivity contribution in [2.24, 2.45) is 5.73 Å². The number of para-hydroxylation sites is 1. The number of hydrogen-bond acceptors (Lipinski definition) is 4. The van der Waals surface area contributed by atoms with Crippen LogP contribution >= 0.6 is 0 Å². The standard InChI is InChI=1S/C21H25N2O3S/c1-3-27(24,25)23(16-18(15-22)10-9-17(23)2)19-11-13-21(14-12-19)26-20-7-5-4-6-8-20/h4-14,16-17H,3,15,22H2,1-2H3/q+1. The molecule has 27 heavy (non-hydrogen) atoms. The van der Waals surface area contributed by atoms with E-state index in [1.807, 2.05) is 61.5 Å². The molecule has 1 heterocycles. The normalized spacial score (nSPS) is 22.3. The Labute approximate surface area is 161 Å². The highest BCUT2D eigenvalue weighted by molar-refractivity contribution is 7.91. The minimum atomic E-state index is -3.49. The average Bonchev–Trinajstić information content (AvgIpc) is 2.70. The van der Waals surface area contributed by atoms with Gasteiger partial charge in [-0.3, -0.25) is 0 Å². The van der Waals surface area contributed by atoms with E-state index in [0.29, 0.717) is 11.4 Å². The van der Waals surface area contributed by atoms with E-state index in [9.17, 15) is 8.42 Å². The monoisotopic (exact) mass is 385 g/mol. The number of rotatable bonds is 6. The molecule has 2 aromatic rings. The number of sulfonamides is 1. The van der Waals surface area contributed by atoms with Crippen LogP contribution in [-0.2, 0) is 10.0 Å². The van der Waals surface area contributed by atoms with Crippen molar-refractivity contribution in [3.8, 4) is 11.5 Å². The van der Waals surface area contributed by atoms with Crippen LogP contribution in [0.4, 0.5) is 5.69 Å². The van der Waals surface area contributed by atoms with E-state index in [4.69, 9.17) is 10.5 Å². The number of hydrogen-bond donors (Lipinski definition) is 1. The fraction of sp³-hybridized carbons (Fsp3) is 0.238. The summed E-state index contributed by atoms with van der Waals surface area (Å²) < 4.78 is 31.9. The van der Waals surface area contributed by atoms with Crippen LogP contribution in [0.5, 0.6) is 11.5 Å². The van der Waals surface area contributed by atoms with Gasteiger partial charge in [0.05, 0.1) is 5.75 Å². The summed E-state index contributed by atoms with van der Waals surface area (Å²) in [6.45, 7) is 3.86. The molecule has 0 aromatic heterocycles. The van der Waals surface area contributed by atoms with E-state index >= 15 is 0 Å². The maximum atomic E-state index is 13.1. The first-order chi connectivity index (χ1) is 12.9. The molecule has 0 spiro atoms. The van der Waals surface area contributed by atoms with Gasteiger partial charge in [0.2, 0.25) is 0 Å². The van der Waals surface area contributed by atoms with Crippen molar-refractivity contribution in [3.63, 3.8) is 0 Å². The molecule has 0 saturated heterocycles. The molecule has 0 radical (unpaired) electrons. The van der Waals surface area contributed by atoms with E-state index in [1.54, 1.807) is 25.3 Å². The van der Waals surface area contributed by atoms with Gasteiger partial charge in [-0.25, -0.2) is 0 Å². The number of nitrogens with zero attached hydrogens (tertiary/aromatic N) is 1. The van der Waals surface area contributed by atoms with Crippen molar-refractivity contribution < 1.29 is 13.2 Å². The second kappa shape index (κ2) is 7.68. The molecular weight excluding hydrogens is 360 g/mol. The minimum Gasteiger partial charge on any atom is -0.457 e. The highest BCUT2D eigenvalue weighted by atomic mass is 32.2. The summed E-state index contributed by atoms with van der Waals surface area (Å²) in [7, 11) is -3.49. The van der Waals surface area contributed by atoms with Crippen molar-refractivity contribution in [3.05, 3.63) is 78.5 Å². The maximum absolute atomic E-state index is 13.1. The Morgan fingerprint density at radius 2 is 1.67 bits per heavy atom. The molecule has 0 fully saturated rings. The molecule has 2 aromatic carbocycles. The second-order valence-corrected chi connectivity index (χ2v) is 8.84. The molecule has 6 heteroatoms. The van der Waals surface area contributed by atoms with Gasteiger partial charge in [-0.05, 0) is 44.2 Å². The molecule has 0 saturated carbocycles. The molecule has 1 aliphatic rings. The molecule has 2 atom stereocenters. The van der Waals surface area contributed by atoms with Crippen LogP contribution in [0.1, 0.15) is 13.8 Å². The van der Waals surface area contributed by atoms with Crippen molar-refractivity contribution in [1.82, 2.24) is 3.89 Å². The predicted octanol–water partition coefficient (Wildman–Crippen LogP) is 3.94. The zero-order valence-corrected chi connectivity index (χ0v) is 16.4. The molecule has 0 amide bonds. The van der Waals surface area contributed by atoms with E-state index in [2.05, 4.69) is 0 Å². The Kier molecular flexibility index (Phi) is 5.51. The summed E-state index contributed by atoms with van der Waals surface area (Å²) in [6, 6.07) is 16.4. The zero-order valence-electron chi connectivity index (χ0n) is 15.6. The maximum Gasteiger partial charge on any atom is 0.306 e. The summed E-state index contributed by atoms with van der Waals surface area (Å²) in [5, 5.41) is 0. The van der Waals surface area contributed by atoms with Gasteiger partial charge in [-0.1, -0.05) is 24.3 Å². The third-order valence-electron chi connectivity index (χ3n) is 4.83. The van der Waals surface area contributed by atoms with Crippen LogP contribution in [0.3, 0.4) is 0 Å². The van der Waals surface area contributed by atoms with E-state index in [0.717, 1.165) is 11.3 Å². The first-order valence-corrected chi connectivity index (χ1v) is 10.6. The van der Waals surface area contributed by atoms with Crippen LogP contribution < -0.4 is 14.4 Å². The Morgan fingerprint density at radius 1 is 1.04 bits per heavy atom. The van der Waals surface area contributed by atoms with Crippen molar-refractivity contribution in [2.45, 2.75) is 19.9 Å². The third kappa shape index (κ3) is 3.56. The van der Waals surface area contributed by atoms with Crippen LogP contribution in [0.25, 0.3) is 0 Å². The Hall–Kier alpha value is -2.41. The number of ether oxygens (including phenoxy) is 1. The SMILES string of the molecule is CCS(=O)(=O)[N+]1(c2ccc(Oc3ccccc3)cc2)C=C(CN)C=CC1C. The predicted molar refractivity (Wildman–Crippen MR) is 110 cm³/mol. The summed E-state index contributed by atoms with van der Waals surface area (Å²) in [5.74, 6) is 1.41. The van der Waals surface area contributed by atoms with Crippen LogP contribution in [0.2, 0.25) is 0 Å². The van der Waals surface area contributed by atoms with Gasteiger partial charge in [0.25, 0.3) is 0 Å². The molecule has 5 nitrogen and oxygen atoms in total. The fourth-order valence-electron chi connectivity index (χ4n) is 3.31. The van der Waals surface area contributed by atoms with Crippen LogP contribution in [0.15, 0.2) is 78.5 Å². The van der Waals surface area contributed by atoms with Crippen molar-refractivity contribution >= 4 is 15.7 Å². The molecule has 3 rings (SSSR count). The molecule has 0 aliphatic carbocycles. The average molecular weight is 386 g/mol. The topological polar surface area (TPSA) is 69.4 Å². The summed E-state index contributed by atoms with van der Waals surface area (Å²) >= 11 is 0. The molecule has 1 aliphatic heterocycles. The van der Waals surface area contributed by atoms with Crippen LogP contribution in [0, 0.1) is 0 Å². The number of benzene rings is 2. The van der Waals surface area contributed by atoms with Gasteiger partial charge < -0.3 is 10.5 Å². The highest BCUT2D eigenvalue weighted by Crippen LogP contribution is 2.37. The molecular formula is C21H25N2O3S+. The minimum absolute atomic E-state index is 0.0296. The lowest BCUT2D eigenvalue weighted by molar-refractivity contribution is 0.450. The Balaban J connectivity index is 2.04. The number of nitrogens with two attached hydrogens (primary N) is 1.